The molecule has 2 heterocycles. The van der Waals surface area contributed by atoms with Gasteiger partial charge in [-0.25, -0.2) is 13.2 Å². The molecule has 4 rings (SSSR count). The van der Waals surface area contributed by atoms with Crippen LogP contribution in [0.1, 0.15) is 35.3 Å². The first-order valence-electron chi connectivity index (χ1n) is 9.87. The van der Waals surface area contributed by atoms with Gasteiger partial charge in [-0.2, -0.15) is 0 Å². The van der Waals surface area contributed by atoms with Crippen molar-refractivity contribution in [2.45, 2.75) is 31.8 Å². The molecule has 162 valence electrons. The molecule has 0 saturated carbocycles. The van der Waals surface area contributed by atoms with Crippen LogP contribution in [0.4, 0.5) is 10.5 Å². The maximum absolute atomic E-state index is 13.0. The number of benzene rings is 2. The Bertz CT molecular complexity index is 1190. The number of ketones is 1. The van der Waals surface area contributed by atoms with Crippen molar-refractivity contribution in [3.63, 3.8) is 0 Å². The molecule has 0 aromatic heterocycles. The van der Waals surface area contributed by atoms with Gasteiger partial charge in [-0.3, -0.25) is 18.8 Å². The van der Waals surface area contributed by atoms with Crippen molar-refractivity contribution in [1.82, 2.24) is 10.2 Å². The van der Waals surface area contributed by atoms with Crippen molar-refractivity contribution in [2.24, 2.45) is 0 Å². The topological polar surface area (TPSA) is 104 Å². The Morgan fingerprint density at radius 2 is 1.84 bits per heavy atom. The summed E-state index contributed by atoms with van der Waals surface area (Å²) in [7, 11) is -3.43. The van der Waals surface area contributed by atoms with Gasteiger partial charge >= 0.3 is 6.03 Å². The summed E-state index contributed by atoms with van der Waals surface area (Å²) in [4.78, 5) is 39.3. The van der Waals surface area contributed by atoms with Gasteiger partial charge in [0.15, 0.2) is 5.78 Å². The van der Waals surface area contributed by atoms with E-state index in [2.05, 4.69) is 5.32 Å². The fraction of sp³-hybridized carbons (Fsp3) is 0.318. The highest BCUT2D eigenvalue weighted by molar-refractivity contribution is 7.92. The third kappa shape index (κ3) is 3.48. The highest BCUT2D eigenvalue weighted by atomic mass is 32.2. The van der Waals surface area contributed by atoms with Gasteiger partial charge in [0, 0.05) is 11.6 Å². The molecule has 8 nitrogen and oxygen atoms in total. The Morgan fingerprint density at radius 1 is 1.16 bits per heavy atom. The minimum absolute atomic E-state index is 0.243. The molecule has 9 heteroatoms. The SMILES string of the molecule is C[C@@H]1Cc2cc(C(=O)CN3C(=O)N[C@](C)(c4ccccc4)C3=O)ccc2N1S(C)(=O)=O. The van der Waals surface area contributed by atoms with Gasteiger partial charge in [0.2, 0.25) is 10.0 Å². The lowest BCUT2D eigenvalue weighted by Crippen LogP contribution is -2.41. The number of rotatable bonds is 5. The highest BCUT2D eigenvalue weighted by Crippen LogP contribution is 2.35. The number of carbonyl (C=O) groups excluding carboxylic acids is 3. The minimum atomic E-state index is -3.43. The highest BCUT2D eigenvalue weighted by Gasteiger charge is 2.49. The number of imide groups is 1. The number of sulfonamides is 1. The van der Waals surface area contributed by atoms with Gasteiger partial charge in [0.05, 0.1) is 18.5 Å². The molecule has 0 radical (unpaired) electrons. The summed E-state index contributed by atoms with van der Waals surface area (Å²) in [6.45, 7) is 3.03. The maximum atomic E-state index is 13.0. The van der Waals surface area contributed by atoms with Crippen LogP contribution in [0, 0.1) is 0 Å². The zero-order valence-corrected chi connectivity index (χ0v) is 18.3. The summed E-state index contributed by atoms with van der Waals surface area (Å²) in [5.74, 6) is -0.885. The normalized spacial score (nSPS) is 23.1. The second kappa shape index (κ2) is 7.19. The van der Waals surface area contributed by atoms with Crippen molar-refractivity contribution in [3.8, 4) is 0 Å². The van der Waals surface area contributed by atoms with Crippen LogP contribution >= 0.6 is 0 Å². The van der Waals surface area contributed by atoms with Crippen LogP contribution < -0.4 is 9.62 Å². The van der Waals surface area contributed by atoms with Crippen molar-refractivity contribution in [3.05, 3.63) is 65.2 Å². The van der Waals surface area contributed by atoms with Crippen LogP contribution in [0.3, 0.4) is 0 Å². The fourth-order valence-corrected chi connectivity index (χ4v) is 5.59. The number of fused-ring (bicyclic) bond motifs is 1. The van der Waals surface area contributed by atoms with Gasteiger partial charge in [-0.05, 0) is 49.6 Å². The molecule has 0 aliphatic carbocycles. The van der Waals surface area contributed by atoms with Gasteiger partial charge in [0.1, 0.15) is 5.54 Å². The first-order chi connectivity index (χ1) is 14.5. The first kappa shape index (κ1) is 21.0. The molecule has 0 bridgehead atoms. The predicted molar refractivity (Wildman–Crippen MR) is 115 cm³/mol. The molecule has 2 aliphatic heterocycles. The van der Waals surface area contributed by atoms with Crippen LogP contribution in [0.15, 0.2) is 48.5 Å². The molecule has 2 atom stereocenters. The number of hydrogen-bond donors (Lipinski definition) is 1. The molecule has 0 unspecified atom stereocenters. The lowest BCUT2D eigenvalue weighted by atomic mass is 9.92. The van der Waals surface area contributed by atoms with Gasteiger partial charge in [-0.1, -0.05) is 30.3 Å². The number of carbonyl (C=O) groups is 3. The van der Waals surface area contributed by atoms with E-state index >= 15 is 0 Å². The number of Topliss-reactive ketones (excluding diaryl/α,β-unsaturated/α-hetero) is 1. The summed E-state index contributed by atoms with van der Waals surface area (Å²) in [6.07, 6.45) is 1.64. The molecule has 2 aromatic rings. The van der Waals surface area contributed by atoms with Crippen molar-refractivity contribution < 1.29 is 22.8 Å². The number of nitrogens with one attached hydrogen (secondary N) is 1. The van der Waals surface area contributed by atoms with Gasteiger partial charge in [-0.15, -0.1) is 0 Å². The van der Waals surface area contributed by atoms with E-state index in [0.717, 1.165) is 16.7 Å². The first-order valence-corrected chi connectivity index (χ1v) is 11.7. The standard InChI is InChI=1S/C22H23N3O5S/c1-14-11-16-12-15(9-10-18(16)25(14)31(3,29)30)19(26)13-24-20(27)22(2,23-21(24)28)17-7-5-4-6-8-17/h4-10,12,14H,11,13H2,1-3H3,(H,23,28)/t14-,22-/m1/s1. The van der Waals surface area contributed by atoms with Crippen molar-refractivity contribution in [2.75, 3.05) is 17.1 Å². The van der Waals surface area contributed by atoms with E-state index in [-0.39, 0.29) is 6.04 Å². The molecular weight excluding hydrogens is 418 g/mol. The summed E-state index contributed by atoms with van der Waals surface area (Å²) in [5, 5.41) is 2.68. The second-order valence-corrected chi connectivity index (χ2v) is 10.1. The van der Waals surface area contributed by atoms with Gasteiger partial charge in [0.25, 0.3) is 5.91 Å². The van der Waals surface area contributed by atoms with E-state index in [0.29, 0.717) is 23.2 Å². The van der Waals surface area contributed by atoms with Gasteiger partial charge < -0.3 is 5.32 Å². The lowest BCUT2D eigenvalue weighted by molar-refractivity contribution is -0.130. The molecular formula is C22H23N3O5S. The van der Waals surface area contributed by atoms with Crippen LogP contribution in [0.25, 0.3) is 0 Å². The molecule has 31 heavy (non-hydrogen) atoms. The minimum Gasteiger partial charge on any atom is -0.319 e. The Balaban J connectivity index is 1.57. The quantitative estimate of drug-likeness (QED) is 0.565. The Morgan fingerprint density at radius 3 is 2.48 bits per heavy atom. The van der Waals surface area contributed by atoms with Crippen LogP contribution in [0.2, 0.25) is 0 Å². The van der Waals surface area contributed by atoms with Crippen LogP contribution in [-0.2, 0) is 26.8 Å². The predicted octanol–water partition coefficient (Wildman–Crippen LogP) is 2.05. The number of urea groups is 1. The molecule has 1 N–H and O–H groups in total. The average molecular weight is 442 g/mol. The van der Waals surface area contributed by atoms with E-state index < -0.39 is 39.8 Å². The Hall–Kier alpha value is -3.20. The van der Waals surface area contributed by atoms with Crippen LogP contribution in [0.5, 0.6) is 0 Å². The lowest BCUT2D eigenvalue weighted by Gasteiger charge is -2.22. The smallest absolute Gasteiger partial charge is 0.319 e. The molecule has 0 spiro atoms. The maximum Gasteiger partial charge on any atom is 0.325 e. The van der Waals surface area contributed by atoms with E-state index in [1.807, 2.05) is 6.07 Å². The number of amides is 3. The number of anilines is 1. The summed E-state index contributed by atoms with van der Waals surface area (Å²) in [5.41, 5.74) is 1.03. The van der Waals surface area contributed by atoms with Crippen LogP contribution in [-0.4, -0.2) is 49.9 Å². The fourth-order valence-electron chi connectivity index (χ4n) is 4.32. The van der Waals surface area contributed by atoms with Crippen molar-refractivity contribution in [1.29, 1.82) is 0 Å². The van der Waals surface area contributed by atoms with E-state index in [1.165, 1.54) is 10.4 Å². The zero-order chi connectivity index (χ0) is 22.6. The number of nitrogens with zero attached hydrogens (tertiary/aromatic N) is 2. The van der Waals surface area contributed by atoms with E-state index in [9.17, 15) is 22.8 Å². The third-order valence-electron chi connectivity index (χ3n) is 5.84. The second-order valence-electron chi connectivity index (χ2n) is 8.19. The molecule has 1 fully saturated rings. The third-order valence-corrected chi connectivity index (χ3v) is 7.11. The summed E-state index contributed by atoms with van der Waals surface area (Å²) in [6, 6.07) is 12.8. The zero-order valence-electron chi connectivity index (χ0n) is 17.5. The summed E-state index contributed by atoms with van der Waals surface area (Å²) < 4.78 is 25.5. The van der Waals surface area contributed by atoms with Crippen molar-refractivity contribution >= 4 is 33.4 Å². The molecule has 2 aromatic carbocycles. The largest absolute Gasteiger partial charge is 0.325 e. The summed E-state index contributed by atoms with van der Waals surface area (Å²) >= 11 is 0. The Labute approximate surface area is 180 Å². The average Bonchev–Trinajstić information content (AvgIpc) is 3.16. The number of hydrogen-bond acceptors (Lipinski definition) is 5. The molecule has 3 amide bonds. The molecule has 1 saturated heterocycles. The van der Waals surface area contributed by atoms with E-state index in [4.69, 9.17) is 0 Å². The Kier molecular flexibility index (Phi) is 4.88. The molecule has 2 aliphatic rings. The monoisotopic (exact) mass is 441 g/mol. The van der Waals surface area contributed by atoms with E-state index in [1.54, 1.807) is 50.2 Å².